The molecule has 2 unspecified atom stereocenters. The number of carbonyl (C=O) groups is 2. The van der Waals surface area contributed by atoms with Gasteiger partial charge in [-0.15, -0.1) is 0 Å². The van der Waals surface area contributed by atoms with E-state index in [1.165, 1.54) is 0 Å². The zero-order valence-electron chi connectivity index (χ0n) is 11.6. The van der Waals surface area contributed by atoms with Crippen LogP contribution in [0.2, 0.25) is 0 Å². The number of amides is 2. The van der Waals surface area contributed by atoms with E-state index in [0.717, 1.165) is 13.0 Å². The van der Waals surface area contributed by atoms with Crippen LogP contribution >= 0.6 is 11.3 Å². The van der Waals surface area contributed by atoms with Crippen molar-refractivity contribution in [3.8, 4) is 0 Å². The fourth-order valence-corrected chi connectivity index (χ4v) is 3.04. The van der Waals surface area contributed by atoms with E-state index in [0.29, 0.717) is 5.92 Å². The summed E-state index contributed by atoms with van der Waals surface area (Å²) in [5.74, 6) is 0.648. The summed E-state index contributed by atoms with van der Waals surface area (Å²) in [6.07, 6.45) is 0.821. The Morgan fingerprint density at radius 1 is 1.16 bits per heavy atom. The van der Waals surface area contributed by atoms with Crippen molar-refractivity contribution in [1.29, 1.82) is 0 Å². The van der Waals surface area contributed by atoms with E-state index < -0.39 is 0 Å². The van der Waals surface area contributed by atoms with Crippen LogP contribution in [-0.2, 0) is 9.59 Å². The number of fused-ring (bicyclic) bond motifs is 1. The van der Waals surface area contributed by atoms with E-state index in [1.54, 1.807) is 35.1 Å². The van der Waals surface area contributed by atoms with Gasteiger partial charge >= 0.3 is 0 Å². The Bertz CT molecular complexity index is 401. The van der Waals surface area contributed by atoms with E-state index >= 15 is 0 Å². The largest absolute Gasteiger partial charge is 0.332 e. The molecule has 0 saturated carbocycles. The second-order valence-corrected chi connectivity index (χ2v) is 6.08. The predicted octanol–water partition coefficient (Wildman–Crippen LogP) is 1.83. The summed E-state index contributed by atoms with van der Waals surface area (Å²) < 4.78 is 0. The molecule has 0 radical (unpaired) electrons. The lowest BCUT2D eigenvalue weighted by atomic mass is 10.0. The lowest BCUT2D eigenvalue weighted by Crippen LogP contribution is -2.60. The van der Waals surface area contributed by atoms with Gasteiger partial charge in [0.15, 0.2) is 0 Å². The van der Waals surface area contributed by atoms with Gasteiger partial charge in [0.05, 0.1) is 0 Å². The minimum atomic E-state index is -0.288. The number of nitrogens with zero attached hydrogens (tertiary/aromatic N) is 2. The number of hydrogen-bond donors (Lipinski definition) is 0. The first kappa shape index (κ1) is 14.1. The smallest absolute Gasteiger partial charge is 0.245 e. The summed E-state index contributed by atoms with van der Waals surface area (Å²) in [6, 6.07) is 3.57. The van der Waals surface area contributed by atoms with E-state index in [4.69, 9.17) is 0 Å². The molecule has 3 rings (SSSR count). The Kier molecular flexibility index (Phi) is 4.24. The zero-order chi connectivity index (χ0) is 14.0. The molecule has 0 aliphatic carbocycles. The molecule has 3 heterocycles. The molecule has 2 aliphatic rings. The van der Waals surface area contributed by atoms with Gasteiger partial charge in [-0.3, -0.25) is 9.59 Å². The molecule has 2 aliphatic heterocycles. The van der Waals surface area contributed by atoms with E-state index in [2.05, 4.69) is 6.92 Å². The number of carbonyl (C=O) groups excluding carboxylic acids is 2. The van der Waals surface area contributed by atoms with Crippen LogP contribution in [0, 0.1) is 5.92 Å². The van der Waals surface area contributed by atoms with Crippen LogP contribution in [0.15, 0.2) is 22.9 Å². The Hall–Kier alpha value is -1.36. The van der Waals surface area contributed by atoms with Gasteiger partial charge in [0, 0.05) is 13.6 Å². The highest BCUT2D eigenvalue weighted by atomic mass is 32.1. The molecular formula is C14H20N2O2S. The van der Waals surface area contributed by atoms with Gasteiger partial charge in [-0.25, -0.2) is 0 Å². The number of rotatable bonds is 0. The molecule has 3 atom stereocenters. The molecule has 2 fully saturated rings. The second-order valence-electron chi connectivity index (χ2n) is 5.27. The van der Waals surface area contributed by atoms with Gasteiger partial charge in [-0.1, -0.05) is 19.1 Å². The normalized spacial score (nSPS) is 29.9. The van der Waals surface area contributed by atoms with Gasteiger partial charge in [-0.05, 0) is 30.0 Å². The lowest BCUT2D eigenvalue weighted by molar-refractivity contribution is -0.156. The van der Waals surface area contributed by atoms with Crippen molar-refractivity contribution < 1.29 is 9.59 Å². The highest BCUT2D eigenvalue weighted by Gasteiger charge is 2.46. The van der Waals surface area contributed by atoms with E-state index in [1.807, 2.05) is 22.9 Å². The summed E-state index contributed by atoms with van der Waals surface area (Å²) in [6.45, 7) is 4.62. The molecule has 2 amide bonds. The quantitative estimate of drug-likeness (QED) is 0.727. The average molecular weight is 280 g/mol. The minimum Gasteiger partial charge on any atom is -0.332 e. The highest BCUT2D eigenvalue weighted by molar-refractivity contribution is 7.07. The molecule has 1 aromatic rings. The van der Waals surface area contributed by atoms with Crippen LogP contribution in [0.1, 0.15) is 20.3 Å². The highest BCUT2D eigenvalue weighted by Crippen LogP contribution is 2.29. The molecule has 104 valence electrons. The molecule has 0 N–H and O–H groups in total. The first-order valence-corrected chi connectivity index (χ1v) is 7.51. The molecule has 19 heavy (non-hydrogen) atoms. The topological polar surface area (TPSA) is 40.6 Å². The maximum atomic E-state index is 11.8. The average Bonchev–Trinajstić information content (AvgIpc) is 3.06. The molecule has 1 aromatic heterocycles. The van der Waals surface area contributed by atoms with Crippen molar-refractivity contribution in [2.75, 3.05) is 13.6 Å². The van der Waals surface area contributed by atoms with Crippen LogP contribution in [-0.4, -0.2) is 47.3 Å². The number of likely N-dealkylation sites (N-methyl/N-ethyl adjacent to an activating group) is 1. The Balaban J connectivity index is 0.000000224. The first-order chi connectivity index (χ1) is 9.02. The second kappa shape index (κ2) is 5.74. The monoisotopic (exact) mass is 280 g/mol. The Morgan fingerprint density at radius 2 is 1.79 bits per heavy atom. The Morgan fingerprint density at radius 3 is 2.32 bits per heavy atom. The van der Waals surface area contributed by atoms with Crippen molar-refractivity contribution in [3.63, 3.8) is 0 Å². The SMILES string of the molecule is CC1C(=O)N2C[C@@H](C)CC2C(=O)N1C.c1ccsc1. The zero-order valence-corrected chi connectivity index (χ0v) is 12.4. The molecular weight excluding hydrogens is 260 g/mol. The van der Waals surface area contributed by atoms with Crippen LogP contribution in [0.3, 0.4) is 0 Å². The maximum absolute atomic E-state index is 11.8. The third kappa shape index (κ3) is 2.81. The molecule has 0 aromatic carbocycles. The fraction of sp³-hybridized carbons (Fsp3) is 0.571. The summed E-state index contributed by atoms with van der Waals surface area (Å²) >= 11 is 1.71. The number of thiophene rings is 1. The van der Waals surface area contributed by atoms with Crippen LogP contribution in [0.4, 0.5) is 0 Å². The molecule has 0 spiro atoms. The number of piperazine rings is 1. The predicted molar refractivity (Wildman–Crippen MR) is 75.8 cm³/mol. The standard InChI is InChI=1S/C10H16N2O2.C4H4S/c1-6-4-8-10(14)11(3)7(2)9(13)12(8)5-6;1-2-4-5-3-1/h6-8H,4-5H2,1-3H3;1-4H/t6-,7?,8?;/m0./s1. The van der Waals surface area contributed by atoms with Crippen LogP contribution in [0.5, 0.6) is 0 Å². The van der Waals surface area contributed by atoms with Crippen molar-refractivity contribution in [1.82, 2.24) is 9.80 Å². The first-order valence-electron chi connectivity index (χ1n) is 6.56. The third-order valence-corrected chi connectivity index (χ3v) is 4.42. The Labute approximate surface area is 118 Å². The summed E-state index contributed by atoms with van der Waals surface area (Å²) in [4.78, 5) is 27.0. The van der Waals surface area contributed by atoms with Crippen molar-refractivity contribution in [2.45, 2.75) is 32.4 Å². The minimum absolute atomic E-state index is 0.0986. The van der Waals surface area contributed by atoms with Crippen molar-refractivity contribution >= 4 is 23.2 Å². The number of hydrogen-bond acceptors (Lipinski definition) is 3. The summed E-state index contributed by atoms with van der Waals surface area (Å²) in [5.41, 5.74) is 0. The van der Waals surface area contributed by atoms with E-state index in [-0.39, 0.29) is 23.9 Å². The lowest BCUT2D eigenvalue weighted by Gasteiger charge is -2.38. The van der Waals surface area contributed by atoms with Gasteiger partial charge in [0.2, 0.25) is 11.8 Å². The molecule has 0 bridgehead atoms. The summed E-state index contributed by atoms with van der Waals surface area (Å²) in [5, 5.41) is 4.08. The van der Waals surface area contributed by atoms with Gasteiger partial charge in [0.1, 0.15) is 12.1 Å². The van der Waals surface area contributed by atoms with Gasteiger partial charge in [0.25, 0.3) is 0 Å². The maximum Gasteiger partial charge on any atom is 0.245 e. The van der Waals surface area contributed by atoms with Crippen molar-refractivity contribution in [3.05, 3.63) is 22.9 Å². The molecule has 2 saturated heterocycles. The summed E-state index contributed by atoms with van der Waals surface area (Å²) in [7, 11) is 1.71. The van der Waals surface area contributed by atoms with Crippen LogP contribution in [0.25, 0.3) is 0 Å². The van der Waals surface area contributed by atoms with Gasteiger partial charge < -0.3 is 9.80 Å². The van der Waals surface area contributed by atoms with Crippen LogP contribution < -0.4 is 0 Å². The van der Waals surface area contributed by atoms with Gasteiger partial charge in [-0.2, -0.15) is 11.3 Å². The van der Waals surface area contributed by atoms with Crippen molar-refractivity contribution in [2.24, 2.45) is 5.92 Å². The van der Waals surface area contributed by atoms with E-state index in [9.17, 15) is 9.59 Å². The molecule has 4 nitrogen and oxygen atoms in total. The fourth-order valence-electron chi connectivity index (χ4n) is 2.58. The third-order valence-electron chi connectivity index (χ3n) is 3.79. The molecule has 5 heteroatoms.